The van der Waals surface area contributed by atoms with Crippen LogP contribution in [0.4, 0.5) is 21.0 Å². The third-order valence-electron chi connectivity index (χ3n) is 4.73. The average molecular weight is 463 g/mol. The van der Waals surface area contributed by atoms with Gasteiger partial charge in [0.15, 0.2) is 0 Å². The number of carbonyl (C=O) groups is 2. The summed E-state index contributed by atoms with van der Waals surface area (Å²) < 4.78 is 11.2. The molecule has 3 rings (SSSR count). The lowest BCUT2D eigenvalue weighted by atomic mass is 10.2. The predicted octanol–water partition coefficient (Wildman–Crippen LogP) is 4.70. The van der Waals surface area contributed by atoms with E-state index in [4.69, 9.17) is 9.47 Å². The number of urea groups is 2. The summed E-state index contributed by atoms with van der Waals surface area (Å²) in [5.41, 5.74) is 3.42. The zero-order valence-corrected chi connectivity index (χ0v) is 19.4. The molecule has 0 atom stereocenters. The fourth-order valence-electron chi connectivity index (χ4n) is 2.96. The lowest BCUT2D eigenvalue weighted by molar-refractivity contribution is 0.247. The van der Waals surface area contributed by atoms with Crippen molar-refractivity contribution in [3.63, 3.8) is 0 Å². The SMILES string of the molecule is Cc1ccc(OCCNC(=O)Nc2cccc(NC(=O)NCCOc3ccc(C)cc3)c2)cc1. The minimum Gasteiger partial charge on any atom is -0.492 e. The molecule has 0 aliphatic heterocycles. The maximum Gasteiger partial charge on any atom is 0.319 e. The second-order valence-electron chi connectivity index (χ2n) is 7.67. The van der Waals surface area contributed by atoms with Crippen molar-refractivity contribution in [2.45, 2.75) is 13.8 Å². The molecule has 0 heterocycles. The molecule has 0 aliphatic carbocycles. The van der Waals surface area contributed by atoms with Gasteiger partial charge < -0.3 is 30.7 Å². The fourth-order valence-corrected chi connectivity index (χ4v) is 2.96. The third kappa shape index (κ3) is 8.74. The van der Waals surface area contributed by atoms with Gasteiger partial charge in [0.05, 0.1) is 13.1 Å². The maximum absolute atomic E-state index is 12.1. The van der Waals surface area contributed by atoms with E-state index in [9.17, 15) is 9.59 Å². The van der Waals surface area contributed by atoms with Gasteiger partial charge in [-0.2, -0.15) is 0 Å². The number of benzene rings is 3. The molecule has 3 aromatic rings. The lowest BCUT2D eigenvalue weighted by Crippen LogP contribution is -2.33. The van der Waals surface area contributed by atoms with Crippen molar-refractivity contribution in [2.75, 3.05) is 36.9 Å². The molecule has 178 valence electrons. The first-order valence-corrected chi connectivity index (χ1v) is 11.1. The van der Waals surface area contributed by atoms with Crippen LogP contribution in [0.3, 0.4) is 0 Å². The molecular weight excluding hydrogens is 432 g/mol. The summed E-state index contributed by atoms with van der Waals surface area (Å²) in [4.78, 5) is 24.2. The second-order valence-corrected chi connectivity index (χ2v) is 7.67. The minimum atomic E-state index is -0.359. The predicted molar refractivity (Wildman–Crippen MR) is 134 cm³/mol. The summed E-state index contributed by atoms with van der Waals surface area (Å²) >= 11 is 0. The van der Waals surface area contributed by atoms with E-state index >= 15 is 0 Å². The van der Waals surface area contributed by atoms with Crippen LogP contribution in [0.15, 0.2) is 72.8 Å². The molecule has 0 bridgehead atoms. The zero-order valence-electron chi connectivity index (χ0n) is 19.4. The van der Waals surface area contributed by atoms with Crippen LogP contribution in [0.5, 0.6) is 11.5 Å². The smallest absolute Gasteiger partial charge is 0.319 e. The molecule has 4 N–H and O–H groups in total. The molecule has 0 unspecified atom stereocenters. The van der Waals surface area contributed by atoms with Gasteiger partial charge in [0, 0.05) is 11.4 Å². The van der Waals surface area contributed by atoms with E-state index in [1.807, 2.05) is 62.4 Å². The van der Waals surface area contributed by atoms with Crippen LogP contribution in [0.1, 0.15) is 11.1 Å². The molecule has 34 heavy (non-hydrogen) atoms. The number of nitrogens with one attached hydrogen (secondary N) is 4. The number of hydrogen-bond acceptors (Lipinski definition) is 4. The first-order valence-electron chi connectivity index (χ1n) is 11.1. The van der Waals surface area contributed by atoms with Gasteiger partial charge in [-0.3, -0.25) is 0 Å². The van der Waals surface area contributed by atoms with Crippen molar-refractivity contribution in [2.24, 2.45) is 0 Å². The largest absolute Gasteiger partial charge is 0.492 e. The highest BCUT2D eigenvalue weighted by atomic mass is 16.5. The fraction of sp³-hybridized carbons (Fsp3) is 0.231. The van der Waals surface area contributed by atoms with E-state index in [-0.39, 0.29) is 12.1 Å². The molecule has 8 nitrogen and oxygen atoms in total. The van der Waals surface area contributed by atoms with Gasteiger partial charge in [-0.05, 0) is 56.3 Å². The minimum absolute atomic E-state index is 0.352. The highest BCUT2D eigenvalue weighted by molar-refractivity contribution is 5.92. The van der Waals surface area contributed by atoms with Crippen molar-refractivity contribution in [1.29, 1.82) is 0 Å². The van der Waals surface area contributed by atoms with Crippen LogP contribution in [-0.2, 0) is 0 Å². The summed E-state index contributed by atoms with van der Waals surface area (Å²) in [7, 11) is 0. The number of anilines is 2. The van der Waals surface area contributed by atoms with Crippen LogP contribution in [0, 0.1) is 13.8 Å². The van der Waals surface area contributed by atoms with E-state index in [1.54, 1.807) is 24.3 Å². The molecule has 0 saturated carbocycles. The molecule has 3 aromatic carbocycles. The Morgan fingerprint density at radius 1 is 0.647 bits per heavy atom. The molecular formula is C26H30N4O4. The van der Waals surface area contributed by atoms with Gasteiger partial charge in [-0.25, -0.2) is 9.59 Å². The topological polar surface area (TPSA) is 101 Å². The van der Waals surface area contributed by atoms with E-state index in [1.165, 1.54) is 0 Å². The summed E-state index contributed by atoms with van der Waals surface area (Å²) in [6.45, 7) is 5.43. The number of carbonyl (C=O) groups excluding carboxylic acids is 2. The average Bonchev–Trinajstić information content (AvgIpc) is 2.82. The van der Waals surface area contributed by atoms with E-state index < -0.39 is 0 Å². The summed E-state index contributed by atoms with van der Waals surface area (Å²) in [5.74, 6) is 1.51. The van der Waals surface area contributed by atoms with Crippen molar-refractivity contribution in [3.8, 4) is 11.5 Å². The third-order valence-corrected chi connectivity index (χ3v) is 4.73. The lowest BCUT2D eigenvalue weighted by Gasteiger charge is -2.11. The van der Waals surface area contributed by atoms with E-state index in [0.29, 0.717) is 37.7 Å². The Labute approximate surface area is 199 Å². The van der Waals surface area contributed by atoms with E-state index in [0.717, 1.165) is 22.6 Å². The Kier molecular flexibility index (Phi) is 9.16. The quantitative estimate of drug-likeness (QED) is 0.328. The maximum atomic E-state index is 12.1. The molecule has 0 spiro atoms. The monoisotopic (exact) mass is 462 g/mol. The summed E-state index contributed by atoms with van der Waals surface area (Å²) in [6, 6.07) is 21.6. The number of aryl methyl sites for hydroxylation is 2. The molecule has 4 amide bonds. The zero-order chi connectivity index (χ0) is 24.2. The number of hydrogen-bond donors (Lipinski definition) is 4. The Balaban J connectivity index is 1.33. The first kappa shape index (κ1) is 24.4. The molecule has 0 aliphatic rings. The van der Waals surface area contributed by atoms with Crippen molar-refractivity contribution >= 4 is 23.4 Å². The van der Waals surface area contributed by atoms with Gasteiger partial charge in [0.2, 0.25) is 0 Å². The molecule has 0 fully saturated rings. The molecule has 0 saturated heterocycles. The second kappa shape index (κ2) is 12.7. The Bertz CT molecular complexity index is 986. The van der Waals surface area contributed by atoms with Crippen LogP contribution < -0.4 is 30.7 Å². The highest BCUT2D eigenvalue weighted by Gasteiger charge is 2.05. The van der Waals surface area contributed by atoms with Crippen LogP contribution in [0.2, 0.25) is 0 Å². The van der Waals surface area contributed by atoms with Gasteiger partial charge >= 0.3 is 12.1 Å². The number of amides is 4. The Morgan fingerprint density at radius 3 is 1.47 bits per heavy atom. The Hall–Kier alpha value is -4.20. The van der Waals surface area contributed by atoms with Gasteiger partial charge in [0.25, 0.3) is 0 Å². The number of rotatable bonds is 10. The summed E-state index contributed by atoms with van der Waals surface area (Å²) in [5, 5.41) is 10.9. The van der Waals surface area contributed by atoms with Crippen molar-refractivity contribution < 1.29 is 19.1 Å². The van der Waals surface area contributed by atoms with Gasteiger partial charge in [-0.1, -0.05) is 41.5 Å². The normalized spacial score (nSPS) is 10.2. The summed E-state index contributed by atoms with van der Waals surface area (Å²) in [6.07, 6.45) is 0. The highest BCUT2D eigenvalue weighted by Crippen LogP contribution is 2.15. The van der Waals surface area contributed by atoms with Gasteiger partial charge in [0.1, 0.15) is 24.7 Å². The van der Waals surface area contributed by atoms with Crippen LogP contribution in [0.25, 0.3) is 0 Å². The Morgan fingerprint density at radius 2 is 1.06 bits per heavy atom. The standard InChI is InChI=1S/C26H30N4O4/c1-19-6-10-23(11-7-19)33-16-14-27-25(31)29-21-4-3-5-22(18-21)30-26(32)28-15-17-34-24-12-8-20(2)9-13-24/h3-13,18H,14-17H2,1-2H3,(H2,27,29,31)(H2,28,30,32). The van der Waals surface area contributed by atoms with Crippen LogP contribution in [-0.4, -0.2) is 38.4 Å². The van der Waals surface area contributed by atoms with Crippen LogP contribution >= 0.6 is 0 Å². The molecule has 0 aromatic heterocycles. The molecule has 8 heteroatoms. The van der Waals surface area contributed by atoms with E-state index in [2.05, 4.69) is 21.3 Å². The first-order chi connectivity index (χ1) is 16.5. The molecule has 0 radical (unpaired) electrons. The number of ether oxygens (including phenoxy) is 2. The van der Waals surface area contributed by atoms with Crippen molar-refractivity contribution in [3.05, 3.63) is 83.9 Å². The van der Waals surface area contributed by atoms with Crippen molar-refractivity contribution in [1.82, 2.24) is 10.6 Å². The van der Waals surface area contributed by atoms with Gasteiger partial charge in [-0.15, -0.1) is 0 Å².